The second kappa shape index (κ2) is 4.68. The largest absolute Gasteiger partial charge is 0.477 e. The third-order valence-electron chi connectivity index (χ3n) is 2.42. The molecule has 0 aliphatic carbocycles. The van der Waals surface area contributed by atoms with Gasteiger partial charge in [-0.2, -0.15) is 0 Å². The van der Waals surface area contributed by atoms with Crippen LogP contribution >= 0.6 is 0 Å². The number of aromatic nitrogens is 2. The summed E-state index contributed by atoms with van der Waals surface area (Å²) in [5.41, 5.74) is -0.117. The van der Waals surface area contributed by atoms with E-state index in [4.69, 9.17) is 5.11 Å². The number of nitrogens with zero attached hydrogens (tertiary/aromatic N) is 2. The number of hydrogen-bond acceptors (Lipinski definition) is 3. The minimum absolute atomic E-state index is 0.140. The molecule has 0 bridgehead atoms. The third kappa shape index (κ3) is 2.40. The number of benzene rings is 1. The van der Waals surface area contributed by atoms with E-state index in [0.717, 1.165) is 0 Å². The predicted octanol–water partition coefficient (Wildman–Crippen LogP) is 2.57. The summed E-state index contributed by atoms with van der Waals surface area (Å²) in [7, 11) is 0. The highest BCUT2D eigenvalue weighted by atomic mass is 19.2. The van der Waals surface area contributed by atoms with Gasteiger partial charge < -0.3 is 5.11 Å². The van der Waals surface area contributed by atoms with E-state index >= 15 is 0 Å². The van der Waals surface area contributed by atoms with Crippen LogP contribution in [0.2, 0.25) is 0 Å². The van der Waals surface area contributed by atoms with Gasteiger partial charge in [0.15, 0.2) is 29.0 Å². The number of carbonyl (C=O) groups is 1. The van der Waals surface area contributed by atoms with E-state index in [2.05, 4.69) is 9.97 Å². The number of hydrogen-bond donors (Lipinski definition) is 1. The molecule has 0 spiro atoms. The van der Waals surface area contributed by atoms with Crippen molar-refractivity contribution in [3.05, 3.63) is 47.0 Å². The summed E-state index contributed by atoms with van der Waals surface area (Å²) in [6, 6.07) is 1.41. The minimum Gasteiger partial charge on any atom is -0.477 e. The molecule has 7 heteroatoms. The molecule has 1 aromatic carbocycles. The SMILES string of the molecule is Cc1cnc(-c2cc(F)c(F)c(F)c2)nc1C(=O)O. The standard InChI is InChI=1S/C12H7F3N2O2/c1-5-4-16-11(17-10(5)12(18)19)6-2-7(13)9(15)8(14)3-6/h2-4H,1H3,(H,18,19). The van der Waals surface area contributed by atoms with Gasteiger partial charge >= 0.3 is 5.97 Å². The molecule has 1 heterocycles. The Kier molecular flexibility index (Phi) is 3.20. The van der Waals surface area contributed by atoms with Crippen LogP contribution in [0.4, 0.5) is 13.2 Å². The lowest BCUT2D eigenvalue weighted by Crippen LogP contribution is -2.06. The maximum Gasteiger partial charge on any atom is 0.354 e. The molecule has 4 nitrogen and oxygen atoms in total. The van der Waals surface area contributed by atoms with Gasteiger partial charge in [-0.25, -0.2) is 27.9 Å². The van der Waals surface area contributed by atoms with Gasteiger partial charge in [-0.1, -0.05) is 0 Å². The summed E-state index contributed by atoms with van der Waals surface area (Å²) in [6.07, 6.45) is 1.21. The fraction of sp³-hybridized carbons (Fsp3) is 0.0833. The lowest BCUT2D eigenvalue weighted by Gasteiger charge is -2.05. The fourth-order valence-corrected chi connectivity index (χ4v) is 1.48. The zero-order valence-corrected chi connectivity index (χ0v) is 9.62. The molecule has 98 valence electrons. The van der Waals surface area contributed by atoms with Crippen LogP contribution in [-0.2, 0) is 0 Å². The predicted molar refractivity (Wildman–Crippen MR) is 59.0 cm³/mol. The van der Waals surface area contributed by atoms with E-state index in [9.17, 15) is 18.0 Å². The number of carboxylic acid groups (broad SMARTS) is 1. The zero-order valence-electron chi connectivity index (χ0n) is 9.62. The maximum atomic E-state index is 13.1. The Hall–Kier alpha value is -2.44. The van der Waals surface area contributed by atoms with E-state index in [1.165, 1.54) is 13.1 Å². The molecule has 0 saturated heterocycles. The van der Waals surface area contributed by atoms with Crippen molar-refractivity contribution in [2.45, 2.75) is 6.92 Å². The molecule has 0 saturated carbocycles. The molecule has 0 aliphatic rings. The molecule has 0 fully saturated rings. The first-order valence-corrected chi connectivity index (χ1v) is 5.12. The van der Waals surface area contributed by atoms with Gasteiger partial charge in [0.2, 0.25) is 0 Å². The van der Waals surface area contributed by atoms with Crippen molar-refractivity contribution in [3.63, 3.8) is 0 Å². The molecule has 19 heavy (non-hydrogen) atoms. The Morgan fingerprint density at radius 2 is 1.79 bits per heavy atom. The van der Waals surface area contributed by atoms with Crippen molar-refractivity contribution in [3.8, 4) is 11.4 Å². The van der Waals surface area contributed by atoms with Gasteiger partial charge in [0, 0.05) is 17.3 Å². The first kappa shape index (κ1) is 13.0. The van der Waals surface area contributed by atoms with Gasteiger partial charge in [-0.15, -0.1) is 0 Å². The van der Waals surface area contributed by atoms with Crippen molar-refractivity contribution >= 4 is 5.97 Å². The molecule has 0 amide bonds. The first-order valence-electron chi connectivity index (χ1n) is 5.12. The smallest absolute Gasteiger partial charge is 0.354 e. The van der Waals surface area contributed by atoms with E-state index in [1.54, 1.807) is 0 Å². The quantitative estimate of drug-likeness (QED) is 0.850. The molecule has 0 atom stereocenters. The Morgan fingerprint density at radius 1 is 1.21 bits per heavy atom. The molecular formula is C12H7F3N2O2. The van der Waals surface area contributed by atoms with Crippen LogP contribution in [0.3, 0.4) is 0 Å². The van der Waals surface area contributed by atoms with Crippen LogP contribution in [0.15, 0.2) is 18.3 Å². The number of aromatic carboxylic acids is 1. The van der Waals surface area contributed by atoms with E-state index in [0.29, 0.717) is 17.7 Å². The zero-order chi connectivity index (χ0) is 14.2. The Morgan fingerprint density at radius 3 is 2.32 bits per heavy atom. The fourth-order valence-electron chi connectivity index (χ4n) is 1.48. The van der Waals surface area contributed by atoms with Crippen LogP contribution in [0.1, 0.15) is 16.1 Å². The Labute approximate surface area is 105 Å². The lowest BCUT2D eigenvalue weighted by atomic mass is 10.1. The molecule has 0 aliphatic heterocycles. The van der Waals surface area contributed by atoms with Gasteiger partial charge in [0.05, 0.1) is 0 Å². The average molecular weight is 268 g/mol. The van der Waals surface area contributed by atoms with Gasteiger partial charge in [-0.3, -0.25) is 0 Å². The van der Waals surface area contributed by atoms with Crippen LogP contribution in [0.25, 0.3) is 11.4 Å². The topological polar surface area (TPSA) is 63.1 Å². The molecule has 1 aromatic heterocycles. The molecular weight excluding hydrogens is 261 g/mol. The normalized spacial score (nSPS) is 10.5. The van der Waals surface area contributed by atoms with Gasteiger partial charge in [0.1, 0.15) is 0 Å². The third-order valence-corrected chi connectivity index (χ3v) is 2.42. The summed E-state index contributed by atoms with van der Waals surface area (Å²) in [5, 5.41) is 8.89. The monoisotopic (exact) mass is 268 g/mol. The Bertz CT molecular complexity index is 651. The number of aryl methyl sites for hydroxylation is 1. The van der Waals surface area contributed by atoms with Crippen LogP contribution in [0, 0.1) is 24.4 Å². The molecule has 0 unspecified atom stereocenters. The van der Waals surface area contributed by atoms with E-state index in [-0.39, 0.29) is 17.1 Å². The van der Waals surface area contributed by atoms with Crippen molar-refractivity contribution in [1.29, 1.82) is 0 Å². The number of rotatable bonds is 2. The molecule has 0 radical (unpaired) electrons. The van der Waals surface area contributed by atoms with Crippen LogP contribution in [0.5, 0.6) is 0 Å². The van der Waals surface area contributed by atoms with Gasteiger partial charge in [0.25, 0.3) is 0 Å². The summed E-state index contributed by atoms with van der Waals surface area (Å²) < 4.78 is 39.0. The summed E-state index contributed by atoms with van der Waals surface area (Å²) in [6.45, 7) is 1.49. The number of halogens is 3. The lowest BCUT2D eigenvalue weighted by molar-refractivity contribution is 0.0689. The molecule has 2 aromatic rings. The van der Waals surface area contributed by atoms with Crippen molar-refractivity contribution < 1.29 is 23.1 Å². The van der Waals surface area contributed by atoms with E-state index in [1.807, 2.05) is 0 Å². The second-order valence-corrected chi connectivity index (χ2v) is 3.78. The molecule has 1 N–H and O–H groups in total. The minimum atomic E-state index is -1.60. The summed E-state index contributed by atoms with van der Waals surface area (Å²) in [5.74, 6) is -5.87. The highest BCUT2D eigenvalue weighted by Crippen LogP contribution is 2.21. The maximum absolute atomic E-state index is 13.1. The van der Waals surface area contributed by atoms with Crippen LogP contribution in [-0.4, -0.2) is 21.0 Å². The highest BCUT2D eigenvalue weighted by molar-refractivity contribution is 5.87. The molecule has 2 rings (SSSR count). The van der Waals surface area contributed by atoms with E-state index < -0.39 is 23.4 Å². The second-order valence-electron chi connectivity index (χ2n) is 3.78. The van der Waals surface area contributed by atoms with Crippen molar-refractivity contribution in [2.24, 2.45) is 0 Å². The summed E-state index contributed by atoms with van der Waals surface area (Å²) >= 11 is 0. The summed E-state index contributed by atoms with van der Waals surface area (Å²) in [4.78, 5) is 18.4. The van der Waals surface area contributed by atoms with Gasteiger partial charge in [-0.05, 0) is 19.1 Å². The average Bonchev–Trinajstić information content (AvgIpc) is 2.35. The highest BCUT2D eigenvalue weighted by Gasteiger charge is 2.16. The first-order chi connectivity index (χ1) is 8.90. The van der Waals surface area contributed by atoms with Crippen molar-refractivity contribution in [2.75, 3.05) is 0 Å². The number of carboxylic acids is 1. The Balaban J connectivity index is 2.60. The van der Waals surface area contributed by atoms with Crippen molar-refractivity contribution in [1.82, 2.24) is 9.97 Å². The van der Waals surface area contributed by atoms with Crippen LogP contribution < -0.4 is 0 Å².